The molecule has 1 heterocycles. The maximum atomic E-state index is 13.7. The Hall–Kier alpha value is -4.60. The summed E-state index contributed by atoms with van der Waals surface area (Å²) in [5, 5.41) is 9.99. The number of aromatic nitrogens is 2. The van der Waals surface area contributed by atoms with Crippen LogP contribution in [0.25, 0.3) is 22.6 Å². The number of hydrogen-bond acceptors (Lipinski definition) is 5. The number of halogens is 2. The molecule has 0 bridgehead atoms. The van der Waals surface area contributed by atoms with E-state index in [9.17, 15) is 23.5 Å². The van der Waals surface area contributed by atoms with Crippen molar-refractivity contribution in [3.63, 3.8) is 0 Å². The fraction of sp³-hybridized carbons (Fsp3) is 0.154. The minimum Gasteiger partial charge on any atom is -0.380 e. The summed E-state index contributed by atoms with van der Waals surface area (Å²) in [4.78, 5) is 32.3. The summed E-state index contributed by atoms with van der Waals surface area (Å²) in [5.41, 5.74) is 6.54. The number of primary amides is 1. The van der Waals surface area contributed by atoms with Gasteiger partial charge in [0, 0.05) is 42.8 Å². The van der Waals surface area contributed by atoms with Gasteiger partial charge in [-0.3, -0.25) is 9.59 Å². The minimum atomic E-state index is -0.931. The van der Waals surface area contributed by atoms with Gasteiger partial charge in [-0.25, -0.2) is 18.7 Å². The number of hydrogen-bond donors (Lipinski definition) is 2. The van der Waals surface area contributed by atoms with Crippen LogP contribution in [0.15, 0.2) is 48.5 Å². The van der Waals surface area contributed by atoms with Crippen molar-refractivity contribution in [1.82, 2.24) is 14.9 Å². The zero-order valence-corrected chi connectivity index (χ0v) is 18.8. The van der Waals surface area contributed by atoms with Gasteiger partial charge in [0.05, 0.1) is 5.69 Å². The van der Waals surface area contributed by atoms with Gasteiger partial charge in [-0.1, -0.05) is 24.0 Å². The predicted octanol–water partition coefficient (Wildman–Crippen LogP) is 2.63. The lowest BCUT2D eigenvalue weighted by Crippen LogP contribution is -2.21. The molecule has 178 valence electrons. The van der Waals surface area contributed by atoms with Crippen molar-refractivity contribution >= 4 is 12.3 Å². The molecule has 0 fully saturated rings. The van der Waals surface area contributed by atoms with Gasteiger partial charge < -0.3 is 15.7 Å². The molecule has 0 saturated heterocycles. The molecule has 7 nitrogen and oxygen atoms in total. The summed E-state index contributed by atoms with van der Waals surface area (Å²) in [5.74, 6) is 3.25. The quantitative estimate of drug-likeness (QED) is 0.403. The van der Waals surface area contributed by atoms with E-state index >= 15 is 0 Å². The van der Waals surface area contributed by atoms with Gasteiger partial charge in [-0.15, -0.1) is 12.8 Å². The summed E-state index contributed by atoms with van der Waals surface area (Å²) in [6.45, 7) is 0.358. The molecule has 0 aliphatic heterocycles. The molecule has 2 amide bonds. The fourth-order valence-electron chi connectivity index (χ4n) is 2.91. The van der Waals surface area contributed by atoms with Crippen molar-refractivity contribution in [3.8, 4) is 47.3 Å². The molecule has 9 heteroatoms. The van der Waals surface area contributed by atoms with Crippen molar-refractivity contribution in [2.24, 2.45) is 5.73 Å². The average Bonchev–Trinajstić information content (AvgIpc) is 2.86. The first-order chi connectivity index (χ1) is 16.7. The van der Waals surface area contributed by atoms with E-state index in [0.29, 0.717) is 30.5 Å². The maximum absolute atomic E-state index is 13.7. The molecule has 0 unspecified atom stereocenters. The van der Waals surface area contributed by atoms with E-state index in [-0.39, 0.29) is 22.8 Å². The summed E-state index contributed by atoms with van der Waals surface area (Å²) in [6, 6.07) is 10.9. The van der Waals surface area contributed by atoms with Crippen LogP contribution < -0.4 is 5.73 Å². The first kappa shape index (κ1) is 26.7. The van der Waals surface area contributed by atoms with Crippen molar-refractivity contribution in [2.75, 3.05) is 13.6 Å². The highest BCUT2D eigenvalue weighted by Gasteiger charge is 2.14. The minimum absolute atomic E-state index is 0.114. The van der Waals surface area contributed by atoms with Crippen LogP contribution in [-0.4, -0.2) is 52.0 Å². The van der Waals surface area contributed by atoms with Crippen molar-refractivity contribution < 1.29 is 23.5 Å². The SMILES string of the molecule is C#C.CN(C=O)CC[C@@H](O)C#Cc1cccc(-c2nc(C(N)=O)cc(-c3cc(F)cc(F)c3)n2)c1. The second kappa shape index (κ2) is 12.6. The van der Waals surface area contributed by atoms with Crippen molar-refractivity contribution in [2.45, 2.75) is 12.5 Å². The number of amides is 2. The molecule has 1 aromatic heterocycles. The molecule has 0 aliphatic carbocycles. The molecular formula is C26H22F2N4O3. The third-order valence-corrected chi connectivity index (χ3v) is 4.58. The lowest BCUT2D eigenvalue weighted by Gasteiger charge is -2.10. The predicted molar refractivity (Wildman–Crippen MR) is 127 cm³/mol. The van der Waals surface area contributed by atoms with Crippen LogP contribution in [0.1, 0.15) is 22.5 Å². The molecule has 0 radical (unpaired) electrons. The molecule has 3 rings (SSSR count). The standard InChI is InChI=1S/C24H20F2N4O3.C2H2/c1-30(14-31)8-7-20(32)6-5-15-3-2-4-16(9-15)24-28-21(13-22(29-24)23(27)33)17-10-18(25)12-19(26)11-17;1-2/h2-4,9-14,20,32H,7-8H2,1H3,(H2,27,33);1-2H/t20-;/m0./s1. The molecule has 0 aliphatic rings. The number of aliphatic hydroxyl groups is 1. The van der Waals surface area contributed by atoms with Gasteiger partial charge in [0.15, 0.2) is 5.82 Å². The first-order valence-electron chi connectivity index (χ1n) is 10.2. The number of carbonyl (C=O) groups is 2. The number of nitrogens with zero attached hydrogens (tertiary/aromatic N) is 3. The van der Waals surface area contributed by atoms with E-state index in [1.807, 2.05) is 0 Å². The summed E-state index contributed by atoms with van der Waals surface area (Å²) in [7, 11) is 1.60. The van der Waals surface area contributed by atoms with Crippen LogP contribution in [-0.2, 0) is 4.79 Å². The Balaban J connectivity index is 0.00000210. The molecule has 35 heavy (non-hydrogen) atoms. The van der Waals surface area contributed by atoms with Crippen LogP contribution in [0.4, 0.5) is 8.78 Å². The number of carbonyl (C=O) groups excluding carboxylic acids is 2. The zero-order chi connectivity index (χ0) is 26.0. The Morgan fingerprint density at radius 1 is 1.14 bits per heavy atom. The van der Waals surface area contributed by atoms with Gasteiger partial charge in [0.2, 0.25) is 6.41 Å². The largest absolute Gasteiger partial charge is 0.380 e. The van der Waals surface area contributed by atoms with Gasteiger partial charge in [0.1, 0.15) is 23.4 Å². The van der Waals surface area contributed by atoms with Crippen molar-refractivity contribution in [3.05, 3.63) is 71.4 Å². The number of aliphatic hydroxyl groups excluding tert-OH is 1. The number of nitrogens with two attached hydrogens (primary N) is 1. The number of rotatable bonds is 7. The Morgan fingerprint density at radius 3 is 2.46 bits per heavy atom. The van der Waals surface area contributed by atoms with Gasteiger partial charge >= 0.3 is 0 Å². The third-order valence-electron chi connectivity index (χ3n) is 4.58. The molecule has 0 spiro atoms. The highest BCUT2D eigenvalue weighted by Crippen LogP contribution is 2.24. The Morgan fingerprint density at radius 2 is 1.83 bits per heavy atom. The number of benzene rings is 2. The maximum Gasteiger partial charge on any atom is 0.267 e. The van der Waals surface area contributed by atoms with E-state index in [1.54, 1.807) is 31.3 Å². The monoisotopic (exact) mass is 476 g/mol. The Bertz CT molecular complexity index is 1280. The van der Waals surface area contributed by atoms with Gasteiger partial charge in [0.25, 0.3) is 5.91 Å². The van der Waals surface area contributed by atoms with Crippen LogP contribution >= 0.6 is 0 Å². The Kier molecular flexibility index (Phi) is 9.59. The molecule has 0 saturated carbocycles. The molecule has 1 atom stereocenters. The lowest BCUT2D eigenvalue weighted by molar-refractivity contribution is -0.117. The third kappa shape index (κ3) is 7.74. The van der Waals surface area contributed by atoms with Crippen molar-refractivity contribution in [1.29, 1.82) is 0 Å². The topological polar surface area (TPSA) is 109 Å². The molecule has 3 N–H and O–H groups in total. The van der Waals surface area contributed by atoms with E-state index in [1.165, 1.54) is 11.0 Å². The fourth-order valence-corrected chi connectivity index (χ4v) is 2.91. The lowest BCUT2D eigenvalue weighted by atomic mass is 10.1. The first-order valence-corrected chi connectivity index (χ1v) is 10.2. The van der Waals surface area contributed by atoms with E-state index in [2.05, 4.69) is 34.7 Å². The molecular weight excluding hydrogens is 454 g/mol. The number of terminal acetylenes is 1. The van der Waals surface area contributed by atoms with E-state index in [0.717, 1.165) is 18.2 Å². The second-order valence-corrected chi connectivity index (χ2v) is 7.23. The smallest absolute Gasteiger partial charge is 0.267 e. The van der Waals surface area contributed by atoms with Crippen LogP contribution in [0.3, 0.4) is 0 Å². The van der Waals surface area contributed by atoms with Gasteiger partial charge in [-0.2, -0.15) is 0 Å². The van der Waals surface area contributed by atoms with Crippen LogP contribution in [0.5, 0.6) is 0 Å². The highest BCUT2D eigenvalue weighted by molar-refractivity contribution is 5.92. The van der Waals surface area contributed by atoms with Gasteiger partial charge in [-0.05, 0) is 30.3 Å². The highest BCUT2D eigenvalue weighted by atomic mass is 19.1. The Labute approximate surface area is 201 Å². The zero-order valence-electron chi connectivity index (χ0n) is 18.8. The van der Waals surface area contributed by atoms with Crippen LogP contribution in [0.2, 0.25) is 0 Å². The molecule has 3 aromatic rings. The van der Waals surface area contributed by atoms with Crippen LogP contribution in [0, 0.1) is 36.3 Å². The summed E-state index contributed by atoms with van der Waals surface area (Å²) >= 11 is 0. The summed E-state index contributed by atoms with van der Waals surface area (Å²) in [6.07, 6.45) is 8.02. The normalized spacial score (nSPS) is 10.7. The average molecular weight is 476 g/mol. The van der Waals surface area contributed by atoms with E-state index < -0.39 is 23.6 Å². The van der Waals surface area contributed by atoms with E-state index in [4.69, 9.17) is 5.73 Å². The molecule has 2 aromatic carbocycles. The second-order valence-electron chi connectivity index (χ2n) is 7.23. The summed E-state index contributed by atoms with van der Waals surface area (Å²) < 4.78 is 27.4.